The third-order valence-electron chi connectivity index (χ3n) is 5.84. The molecule has 4 rings (SSSR count). The van der Waals surface area contributed by atoms with Crippen LogP contribution in [0, 0.1) is 0 Å². The van der Waals surface area contributed by atoms with Gasteiger partial charge in [-0.05, 0) is 56.7 Å². The maximum absolute atomic E-state index is 12.7. The zero-order valence-electron chi connectivity index (χ0n) is 21.8. The summed E-state index contributed by atoms with van der Waals surface area (Å²) in [5.41, 5.74) is 2.31. The van der Waals surface area contributed by atoms with E-state index < -0.39 is 11.6 Å². The van der Waals surface area contributed by atoms with Crippen LogP contribution in [0.3, 0.4) is 0 Å². The normalized spacial score (nSPS) is 11.8. The molecule has 0 atom stereocenters. The number of thiazole rings is 1. The van der Waals surface area contributed by atoms with E-state index in [2.05, 4.69) is 5.16 Å². The Morgan fingerprint density at radius 2 is 1.66 bits per heavy atom. The number of hydrogen-bond acceptors (Lipinski definition) is 8. The molecule has 1 aromatic heterocycles. The number of nitrogens with zero attached hydrogens (tertiary/aromatic N) is 2. The third-order valence-corrected chi connectivity index (χ3v) is 6.78. The summed E-state index contributed by atoms with van der Waals surface area (Å²) in [6.07, 6.45) is 0.654. The zero-order valence-corrected chi connectivity index (χ0v) is 22.6. The van der Waals surface area contributed by atoms with Gasteiger partial charge in [-0.3, -0.25) is 9.36 Å². The average Bonchev–Trinajstić information content (AvgIpc) is 3.24. The van der Waals surface area contributed by atoms with Crippen molar-refractivity contribution >= 4 is 33.2 Å². The number of hydrogen-bond donors (Lipinski definition) is 0. The zero-order chi connectivity index (χ0) is 27.1. The van der Waals surface area contributed by atoms with E-state index >= 15 is 0 Å². The predicted octanol–water partition coefficient (Wildman–Crippen LogP) is 5.26. The molecule has 0 aliphatic rings. The molecular formula is C29H30N2O6S. The van der Waals surface area contributed by atoms with Crippen LogP contribution in [0.15, 0.2) is 82.7 Å². The predicted molar refractivity (Wildman–Crippen MR) is 148 cm³/mol. The SMILES string of the molecule is CO/N=C(\c1ccccc1)c1ccc2c(c1)sc(=O)n2CCCOc1ccc(OC(C)(C)C(=O)OC)cc1. The van der Waals surface area contributed by atoms with E-state index in [1.54, 1.807) is 42.7 Å². The van der Waals surface area contributed by atoms with Crippen LogP contribution in [0.1, 0.15) is 31.4 Å². The minimum Gasteiger partial charge on any atom is -0.494 e. The highest BCUT2D eigenvalue weighted by Crippen LogP contribution is 2.24. The smallest absolute Gasteiger partial charge is 0.349 e. The first-order valence-corrected chi connectivity index (χ1v) is 12.9. The number of carbonyl (C=O) groups is 1. The summed E-state index contributed by atoms with van der Waals surface area (Å²) < 4.78 is 19.0. The Kier molecular flexibility index (Phi) is 8.48. The topological polar surface area (TPSA) is 88.4 Å². The van der Waals surface area contributed by atoms with Crippen LogP contribution >= 0.6 is 11.3 Å². The number of ether oxygens (including phenoxy) is 3. The van der Waals surface area contributed by atoms with Gasteiger partial charge < -0.3 is 19.0 Å². The van der Waals surface area contributed by atoms with Crippen molar-refractivity contribution in [3.8, 4) is 11.5 Å². The van der Waals surface area contributed by atoms with E-state index in [-0.39, 0.29) is 4.87 Å². The maximum Gasteiger partial charge on any atom is 0.349 e. The summed E-state index contributed by atoms with van der Waals surface area (Å²) >= 11 is 1.21. The van der Waals surface area contributed by atoms with Crippen LogP contribution in [-0.2, 0) is 20.9 Å². The quantitative estimate of drug-likeness (QED) is 0.113. The van der Waals surface area contributed by atoms with Crippen molar-refractivity contribution in [1.29, 1.82) is 0 Å². The van der Waals surface area contributed by atoms with Crippen LogP contribution in [0.25, 0.3) is 10.2 Å². The van der Waals surface area contributed by atoms with Gasteiger partial charge in [0.1, 0.15) is 24.3 Å². The molecule has 0 unspecified atom stereocenters. The van der Waals surface area contributed by atoms with Crippen molar-refractivity contribution in [2.75, 3.05) is 20.8 Å². The fourth-order valence-corrected chi connectivity index (χ4v) is 4.94. The molecule has 8 nitrogen and oxygen atoms in total. The lowest BCUT2D eigenvalue weighted by Crippen LogP contribution is -2.39. The van der Waals surface area contributed by atoms with Crippen LogP contribution in [0.5, 0.6) is 11.5 Å². The Balaban J connectivity index is 1.38. The maximum atomic E-state index is 12.7. The fourth-order valence-electron chi connectivity index (χ4n) is 3.98. The van der Waals surface area contributed by atoms with Crippen molar-refractivity contribution < 1.29 is 23.8 Å². The first kappa shape index (κ1) is 26.9. The van der Waals surface area contributed by atoms with Crippen molar-refractivity contribution in [2.45, 2.75) is 32.4 Å². The molecule has 38 heavy (non-hydrogen) atoms. The molecule has 9 heteroatoms. The molecule has 0 saturated carbocycles. The number of aryl methyl sites for hydroxylation is 1. The van der Waals surface area contributed by atoms with E-state index in [1.165, 1.54) is 25.6 Å². The number of rotatable bonds is 11. The lowest BCUT2D eigenvalue weighted by atomic mass is 10.0. The molecule has 0 spiro atoms. The minimum absolute atomic E-state index is 0.0168. The third kappa shape index (κ3) is 6.23. The fraction of sp³-hybridized carbons (Fsp3) is 0.276. The summed E-state index contributed by atoms with van der Waals surface area (Å²) in [6.45, 7) is 4.27. The van der Waals surface area contributed by atoms with E-state index in [0.29, 0.717) is 36.8 Å². The van der Waals surface area contributed by atoms with Gasteiger partial charge in [0.25, 0.3) is 0 Å². The Morgan fingerprint density at radius 3 is 2.34 bits per heavy atom. The first-order chi connectivity index (χ1) is 18.3. The molecule has 3 aromatic carbocycles. The standard InChI is InChI=1S/C29H30N2O6S/c1-29(2,27(32)34-3)37-23-14-12-22(13-15-23)36-18-8-17-31-24-16-11-21(19-25(24)38-28(31)33)26(30-35-4)20-9-6-5-7-10-20/h5-7,9-16,19H,8,17-18H2,1-4H3/b30-26+. The van der Waals surface area contributed by atoms with Crippen molar-refractivity contribution in [2.24, 2.45) is 5.16 Å². The second-order valence-corrected chi connectivity index (χ2v) is 9.96. The molecule has 0 aliphatic carbocycles. The number of benzene rings is 3. The highest BCUT2D eigenvalue weighted by atomic mass is 32.1. The lowest BCUT2D eigenvalue weighted by Gasteiger charge is -2.23. The summed E-state index contributed by atoms with van der Waals surface area (Å²) in [5, 5.41) is 4.22. The molecule has 0 radical (unpaired) electrons. The second-order valence-electron chi connectivity index (χ2n) is 8.97. The summed E-state index contributed by atoms with van der Waals surface area (Å²) in [6, 6.07) is 22.7. The number of oxime groups is 1. The van der Waals surface area contributed by atoms with Gasteiger partial charge in [0.15, 0.2) is 5.60 Å². The Morgan fingerprint density at radius 1 is 0.947 bits per heavy atom. The summed E-state index contributed by atoms with van der Waals surface area (Å²) in [4.78, 5) is 29.6. The largest absolute Gasteiger partial charge is 0.494 e. The molecule has 0 fully saturated rings. The summed E-state index contributed by atoms with van der Waals surface area (Å²) in [7, 11) is 2.85. The molecule has 198 valence electrons. The number of fused-ring (bicyclic) bond motifs is 1. The van der Waals surface area contributed by atoms with Gasteiger partial charge in [-0.2, -0.15) is 0 Å². The molecule has 0 bridgehead atoms. The molecule has 4 aromatic rings. The first-order valence-electron chi connectivity index (χ1n) is 12.1. The molecule has 0 saturated heterocycles. The Hall–Kier alpha value is -4.11. The highest BCUT2D eigenvalue weighted by Gasteiger charge is 2.31. The van der Waals surface area contributed by atoms with E-state index in [4.69, 9.17) is 19.0 Å². The molecule has 0 aliphatic heterocycles. The highest BCUT2D eigenvalue weighted by molar-refractivity contribution is 7.16. The van der Waals surface area contributed by atoms with E-state index in [0.717, 1.165) is 21.3 Å². The minimum atomic E-state index is -1.09. The Bertz CT molecular complexity index is 1470. The Labute approximate surface area is 225 Å². The number of methoxy groups -OCH3 is 1. The van der Waals surface area contributed by atoms with Gasteiger partial charge in [0.2, 0.25) is 0 Å². The number of aromatic nitrogens is 1. The van der Waals surface area contributed by atoms with Crippen molar-refractivity contribution in [3.05, 3.63) is 93.6 Å². The monoisotopic (exact) mass is 534 g/mol. The van der Waals surface area contributed by atoms with E-state index in [9.17, 15) is 9.59 Å². The lowest BCUT2D eigenvalue weighted by molar-refractivity contribution is -0.156. The van der Waals surface area contributed by atoms with Gasteiger partial charge in [-0.1, -0.05) is 52.9 Å². The number of esters is 1. The van der Waals surface area contributed by atoms with Gasteiger partial charge in [-0.25, -0.2) is 4.79 Å². The summed E-state index contributed by atoms with van der Waals surface area (Å²) in [5.74, 6) is 0.755. The van der Waals surface area contributed by atoms with Gasteiger partial charge >= 0.3 is 10.8 Å². The second kappa shape index (κ2) is 12.0. The van der Waals surface area contributed by atoms with Crippen molar-refractivity contribution in [1.82, 2.24) is 4.57 Å². The van der Waals surface area contributed by atoms with Gasteiger partial charge in [-0.15, -0.1) is 0 Å². The number of carbonyl (C=O) groups excluding carboxylic acids is 1. The van der Waals surface area contributed by atoms with Crippen LogP contribution < -0.4 is 14.3 Å². The average molecular weight is 535 g/mol. The van der Waals surface area contributed by atoms with E-state index in [1.807, 2.05) is 48.5 Å². The van der Waals surface area contributed by atoms with Gasteiger partial charge in [0.05, 0.1) is 23.9 Å². The molecular weight excluding hydrogens is 504 g/mol. The van der Waals surface area contributed by atoms with Crippen molar-refractivity contribution in [3.63, 3.8) is 0 Å². The molecule has 0 N–H and O–H groups in total. The van der Waals surface area contributed by atoms with Crippen LogP contribution in [0.2, 0.25) is 0 Å². The van der Waals surface area contributed by atoms with Crippen LogP contribution in [-0.4, -0.2) is 42.7 Å². The van der Waals surface area contributed by atoms with Crippen LogP contribution in [0.4, 0.5) is 0 Å². The molecule has 1 heterocycles. The molecule has 0 amide bonds. The van der Waals surface area contributed by atoms with Gasteiger partial charge in [0, 0.05) is 17.7 Å².